The SMILES string of the molecule is CC=Nc1cc(S(=O)(=O)O)cc(N=NC)c1N.CN. The zero-order valence-corrected chi connectivity index (χ0v) is 11.7. The number of anilines is 1. The molecule has 0 saturated heterocycles. The Balaban J connectivity index is 0.00000154. The van der Waals surface area contributed by atoms with Crippen molar-refractivity contribution < 1.29 is 13.0 Å². The molecule has 1 rings (SSSR count). The molecule has 5 N–H and O–H groups in total. The van der Waals surface area contributed by atoms with Crippen LogP contribution in [0.3, 0.4) is 0 Å². The zero-order valence-electron chi connectivity index (χ0n) is 10.9. The number of hydrogen-bond acceptors (Lipinski definition) is 7. The Morgan fingerprint density at radius 2 is 1.79 bits per heavy atom. The predicted octanol–water partition coefficient (Wildman–Crippen LogP) is 1.53. The van der Waals surface area contributed by atoms with Crippen molar-refractivity contribution in [2.75, 3.05) is 19.8 Å². The fraction of sp³-hybridized carbons (Fsp3) is 0.300. The minimum Gasteiger partial charge on any atom is -0.395 e. The maximum atomic E-state index is 11.0. The molecule has 9 heteroatoms. The van der Waals surface area contributed by atoms with E-state index in [-0.39, 0.29) is 22.0 Å². The van der Waals surface area contributed by atoms with Gasteiger partial charge >= 0.3 is 0 Å². The van der Waals surface area contributed by atoms with Crippen LogP contribution >= 0.6 is 0 Å². The first-order chi connectivity index (χ1) is 8.90. The van der Waals surface area contributed by atoms with Gasteiger partial charge in [-0.05, 0) is 26.1 Å². The average molecular weight is 287 g/mol. The van der Waals surface area contributed by atoms with Crippen molar-refractivity contribution in [3.63, 3.8) is 0 Å². The Bertz CT molecular complexity index is 548. The third kappa shape index (κ3) is 4.73. The molecular weight excluding hydrogens is 270 g/mol. The van der Waals surface area contributed by atoms with E-state index in [0.717, 1.165) is 6.07 Å². The Morgan fingerprint density at radius 1 is 1.26 bits per heavy atom. The van der Waals surface area contributed by atoms with Crippen LogP contribution in [0.25, 0.3) is 0 Å². The van der Waals surface area contributed by atoms with Crippen LogP contribution in [0, 0.1) is 0 Å². The number of nitrogens with zero attached hydrogens (tertiary/aromatic N) is 3. The van der Waals surface area contributed by atoms with Crippen LogP contribution in [0.5, 0.6) is 0 Å². The number of benzene rings is 1. The average Bonchev–Trinajstić information content (AvgIpc) is 2.35. The number of azo groups is 1. The molecule has 0 aromatic heterocycles. The fourth-order valence-corrected chi connectivity index (χ4v) is 1.70. The van der Waals surface area contributed by atoms with E-state index < -0.39 is 10.1 Å². The summed E-state index contributed by atoms with van der Waals surface area (Å²) < 4.78 is 31.1. The molecule has 1 aromatic rings. The van der Waals surface area contributed by atoms with Gasteiger partial charge in [-0.25, -0.2) is 0 Å². The van der Waals surface area contributed by atoms with Gasteiger partial charge in [0.2, 0.25) is 0 Å². The second-order valence-electron chi connectivity index (χ2n) is 3.04. The minimum absolute atomic E-state index is 0.142. The molecule has 0 radical (unpaired) electrons. The van der Waals surface area contributed by atoms with Crippen LogP contribution in [0.4, 0.5) is 17.1 Å². The van der Waals surface area contributed by atoms with E-state index in [9.17, 15) is 8.42 Å². The number of nitrogen functional groups attached to an aromatic ring is 1. The Morgan fingerprint density at radius 3 is 2.21 bits per heavy atom. The molecule has 0 unspecified atom stereocenters. The van der Waals surface area contributed by atoms with Gasteiger partial charge in [-0.1, -0.05) is 0 Å². The summed E-state index contributed by atoms with van der Waals surface area (Å²) in [5, 5.41) is 7.18. The highest BCUT2D eigenvalue weighted by atomic mass is 32.2. The maximum absolute atomic E-state index is 11.0. The Kier molecular flexibility index (Phi) is 6.83. The van der Waals surface area contributed by atoms with Crippen molar-refractivity contribution in [3.05, 3.63) is 12.1 Å². The lowest BCUT2D eigenvalue weighted by atomic mass is 10.2. The molecule has 0 fully saturated rings. The summed E-state index contributed by atoms with van der Waals surface area (Å²) in [5.74, 6) is 0. The summed E-state index contributed by atoms with van der Waals surface area (Å²) in [6, 6.07) is 2.30. The number of nitrogens with two attached hydrogens (primary N) is 2. The van der Waals surface area contributed by atoms with Crippen LogP contribution in [0.1, 0.15) is 6.92 Å². The van der Waals surface area contributed by atoms with Gasteiger partial charge in [-0.2, -0.15) is 18.6 Å². The third-order valence-corrected chi connectivity index (χ3v) is 2.72. The Labute approximate surface area is 112 Å². The summed E-state index contributed by atoms with van der Waals surface area (Å²) in [6.45, 7) is 1.65. The van der Waals surface area contributed by atoms with Gasteiger partial charge in [-0.3, -0.25) is 9.55 Å². The molecule has 8 nitrogen and oxygen atoms in total. The highest BCUT2D eigenvalue weighted by Crippen LogP contribution is 2.35. The van der Waals surface area contributed by atoms with E-state index in [4.69, 9.17) is 10.3 Å². The van der Waals surface area contributed by atoms with Crippen molar-refractivity contribution in [1.82, 2.24) is 0 Å². The van der Waals surface area contributed by atoms with E-state index in [1.54, 1.807) is 6.92 Å². The van der Waals surface area contributed by atoms with E-state index in [0.29, 0.717) is 0 Å². The van der Waals surface area contributed by atoms with Crippen LogP contribution in [-0.2, 0) is 10.1 Å². The lowest BCUT2D eigenvalue weighted by Gasteiger charge is -2.06. The molecule has 106 valence electrons. The van der Waals surface area contributed by atoms with Crippen molar-refractivity contribution in [1.29, 1.82) is 0 Å². The Hall–Kier alpha value is -1.84. The van der Waals surface area contributed by atoms with Crippen molar-refractivity contribution in [2.45, 2.75) is 11.8 Å². The smallest absolute Gasteiger partial charge is 0.294 e. The first kappa shape index (κ1) is 17.2. The van der Waals surface area contributed by atoms with Crippen LogP contribution < -0.4 is 11.5 Å². The van der Waals surface area contributed by atoms with Gasteiger partial charge in [0.1, 0.15) is 5.69 Å². The van der Waals surface area contributed by atoms with Crippen molar-refractivity contribution in [3.8, 4) is 0 Å². The highest BCUT2D eigenvalue weighted by molar-refractivity contribution is 7.85. The lowest BCUT2D eigenvalue weighted by Crippen LogP contribution is -1.99. The molecule has 0 amide bonds. The molecule has 0 bridgehead atoms. The highest BCUT2D eigenvalue weighted by Gasteiger charge is 2.15. The van der Waals surface area contributed by atoms with Gasteiger partial charge in [-0.15, -0.1) is 0 Å². The van der Waals surface area contributed by atoms with E-state index >= 15 is 0 Å². The van der Waals surface area contributed by atoms with Crippen LogP contribution in [-0.4, -0.2) is 33.3 Å². The lowest BCUT2D eigenvalue weighted by molar-refractivity contribution is 0.483. The molecule has 0 saturated carbocycles. The summed E-state index contributed by atoms with van der Waals surface area (Å²) in [4.78, 5) is 3.57. The number of rotatable bonds is 3. The molecule has 0 spiro atoms. The van der Waals surface area contributed by atoms with Gasteiger partial charge < -0.3 is 11.5 Å². The molecule has 19 heavy (non-hydrogen) atoms. The molecule has 0 aliphatic carbocycles. The summed E-state index contributed by atoms with van der Waals surface area (Å²) in [6.07, 6.45) is 1.45. The van der Waals surface area contributed by atoms with Gasteiger partial charge in [0.25, 0.3) is 10.1 Å². The van der Waals surface area contributed by atoms with Gasteiger partial charge in [0.15, 0.2) is 0 Å². The molecule has 0 atom stereocenters. The second kappa shape index (κ2) is 7.56. The summed E-state index contributed by atoms with van der Waals surface area (Å²) >= 11 is 0. The largest absolute Gasteiger partial charge is 0.395 e. The van der Waals surface area contributed by atoms with E-state index in [1.165, 1.54) is 26.4 Å². The number of hydrogen-bond donors (Lipinski definition) is 3. The quantitative estimate of drug-likeness (QED) is 0.334. The second-order valence-corrected chi connectivity index (χ2v) is 4.46. The maximum Gasteiger partial charge on any atom is 0.294 e. The first-order valence-corrected chi connectivity index (χ1v) is 6.61. The normalized spacial score (nSPS) is 11.6. The molecular formula is C10H17N5O3S. The minimum atomic E-state index is -4.33. The molecule has 0 aliphatic rings. The van der Waals surface area contributed by atoms with E-state index in [1.807, 2.05) is 0 Å². The molecule has 0 heterocycles. The van der Waals surface area contributed by atoms with Gasteiger partial charge in [0, 0.05) is 13.3 Å². The standard InChI is InChI=1S/C9H12N4O3S.CH5N/c1-3-12-7-4-6(17(14,15)16)5-8(9(7)10)13-11-2;1-2/h3-5H,10H2,1-2H3,(H,14,15,16);2H2,1H3. The summed E-state index contributed by atoms with van der Waals surface area (Å²) in [5.41, 5.74) is 10.8. The zero-order chi connectivity index (χ0) is 15.1. The monoisotopic (exact) mass is 287 g/mol. The summed E-state index contributed by atoms with van der Waals surface area (Å²) in [7, 11) is -1.41. The molecule has 0 aliphatic heterocycles. The first-order valence-electron chi connectivity index (χ1n) is 5.17. The fourth-order valence-electron chi connectivity index (χ4n) is 1.18. The van der Waals surface area contributed by atoms with Crippen molar-refractivity contribution >= 4 is 33.4 Å². The predicted molar refractivity (Wildman–Crippen MR) is 75.0 cm³/mol. The topological polar surface area (TPSA) is 143 Å². The van der Waals surface area contributed by atoms with Gasteiger partial charge in [0.05, 0.1) is 16.3 Å². The van der Waals surface area contributed by atoms with Crippen LogP contribution in [0.15, 0.2) is 32.2 Å². The van der Waals surface area contributed by atoms with E-state index in [2.05, 4.69) is 21.0 Å². The number of aliphatic imine (C=N–C) groups is 1. The third-order valence-electron chi connectivity index (χ3n) is 1.88. The van der Waals surface area contributed by atoms with Crippen LogP contribution in [0.2, 0.25) is 0 Å². The molecule has 1 aromatic carbocycles. The van der Waals surface area contributed by atoms with Crippen molar-refractivity contribution in [2.24, 2.45) is 21.0 Å².